The van der Waals surface area contributed by atoms with E-state index in [-0.39, 0.29) is 24.3 Å². The Morgan fingerprint density at radius 2 is 1.86 bits per heavy atom. The summed E-state index contributed by atoms with van der Waals surface area (Å²) < 4.78 is 11.0. The second-order valence-electron chi connectivity index (χ2n) is 6.79. The van der Waals surface area contributed by atoms with Crippen LogP contribution in [0.5, 0.6) is 11.5 Å². The van der Waals surface area contributed by atoms with Gasteiger partial charge in [0.05, 0.1) is 24.8 Å². The molecule has 3 rings (SSSR count). The minimum absolute atomic E-state index is 0.131. The van der Waals surface area contributed by atoms with E-state index in [0.29, 0.717) is 30.3 Å². The van der Waals surface area contributed by atoms with E-state index >= 15 is 0 Å². The van der Waals surface area contributed by atoms with Crippen molar-refractivity contribution in [2.45, 2.75) is 19.8 Å². The molecule has 0 aliphatic carbocycles. The van der Waals surface area contributed by atoms with Crippen LogP contribution in [0.1, 0.15) is 19.8 Å². The number of carbonyl (C=O) groups excluding carboxylic acids is 2. The maximum absolute atomic E-state index is 12.6. The van der Waals surface area contributed by atoms with Crippen LogP contribution in [0.2, 0.25) is 0 Å². The highest BCUT2D eigenvalue weighted by Gasteiger charge is 2.27. The average molecular weight is 382 g/mol. The van der Waals surface area contributed by atoms with Crippen molar-refractivity contribution in [3.05, 3.63) is 54.6 Å². The molecule has 6 heteroatoms. The maximum Gasteiger partial charge on any atom is 0.310 e. The van der Waals surface area contributed by atoms with Crippen molar-refractivity contribution >= 4 is 17.6 Å². The molecular formula is C22H26N2O4. The van der Waals surface area contributed by atoms with Gasteiger partial charge in [-0.2, -0.15) is 0 Å². The Morgan fingerprint density at radius 1 is 1.11 bits per heavy atom. The molecule has 1 saturated heterocycles. The summed E-state index contributed by atoms with van der Waals surface area (Å²) in [6.45, 7) is 3.77. The molecule has 2 aromatic carbocycles. The van der Waals surface area contributed by atoms with Crippen LogP contribution in [-0.2, 0) is 14.3 Å². The summed E-state index contributed by atoms with van der Waals surface area (Å²) in [5, 5.41) is 2.93. The monoisotopic (exact) mass is 382 g/mol. The van der Waals surface area contributed by atoms with E-state index < -0.39 is 0 Å². The molecule has 28 heavy (non-hydrogen) atoms. The van der Waals surface area contributed by atoms with Crippen LogP contribution in [0.3, 0.4) is 0 Å². The highest BCUT2D eigenvalue weighted by atomic mass is 16.5. The third-order valence-corrected chi connectivity index (χ3v) is 4.62. The molecule has 0 aromatic heterocycles. The average Bonchev–Trinajstić information content (AvgIpc) is 2.70. The first kappa shape index (κ1) is 19.9. The van der Waals surface area contributed by atoms with Gasteiger partial charge in [0.1, 0.15) is 5.75 Å². The molecule has 0 bridgehead atoms. The summed E-state index contributed by atoms with van der Waals surface area (Å²) >= 11 is 0. The van der Waals surface area contributed by atoms with Crippen molar-refractivity contribution in [3.63, 3.8) is 0 Å². The minimum Gasteiger partial charge on any atom is -0.466 e. The number of carbonyl (C=O) groups is 2. The van der Waals surface area contributed by atoms with Crippen LogP contribution < -0.4 is 10.1 Å². The Bertz CT molecular complexity index is 794. The lowest BCUT2D eigenvalue weighted by molar-refractivity contribution is -0.150. The summed E-state index contributed by atoms with van der Waals surface area (Å²) in [5.74, 6) is 0.834. The molecular weight excluding hydrogens is 356 g/mol. The lowest BCUT2D eigenvalue weighted by Crippen LogP contribution is -2.43. The van der Waals surface area contributed by atoms with Gasteiger partial charge in [-0.15, -0.1) is 0 Å². The molecule has 0 unspecified atom stereocenters. The normalized spacial score (nSPS) is 17.0. The van der Waals surface area contributed by atoms with Crippen LogP contribution in [0.25, 0.3) is 0 Å². The fourth-order valence-corrected chi connectivity index (χ4v) is 3.32. The number of nitrogens with zero attached hydrogens (tertiary/aromatic N) is 1. The second-order valence-corrected chi connectivity index (χ2v) is 6.79. The van der Waals surface area contributed by atoms with Gasteiger partial charge in [0.15, 0.2) is 5.75 Å². The van der Waals surface area contributed by atoms with Gasteiger partial charge in [0.2, 0.25) is 5.91 Å². The number of hydrogen-bond donors (Lipinski definition) is 1. The molecule has 1 N–H and O–H groups in total. The highest BCUT2D eigenvalue weighted by molar-refractivity contribution is 5.93. The number of anilines is 1. The smallest absolute Gasteiger partial charge is 0.310 e. The number of hydrogen-bond acceptors (Lipinski definition) is 5. The standard InChI is InChI=1S/C22H26N2O4/c1-2-27-22(26)17-9-8-14-24(15-17)16-21(25)23-19-12-6-7-13-20(19)28-18-10-4-3-5-11-18/h3-7,10-13,17H,2,8-9,14-16H2,1H3,(H,23,25)/t17-/m0/s1. The largest absolute Gasteiger partial charge is 0.466 e. The molecule has 1 heterocycles. The van der Waals surface area contributed by atoms with Crippen LogP contribution in [-0.4, -0.2) is 43.0 Å². The minimum atomic E-state index is -0.172. The van der Waals surface area contributed by atoms with Gasteiger partial charge in [-0.3, -0.25) is 14.5 Å². The molecule has 2 aromatic rings. The molecule has 0 saturated carbocycles. The quantitative estimate of drug-likeness (QED) is 0.740. The Morgan fingerprint density at radius 3 is 2.64 bits per heavy atom. The zero-order valence-corrected chi connectivity index (χ0v) is 16.1. The van der Waals surface area contributed by atoms with Gasteiger partial charge in [0.25, 0.3) is 0 Å². The first-order valence-corrected chi connectivity index (χ1v) is 9.66. The lowest BCUT2D eigenvalue weighted by Gasteiger charge is -2.30. The van der Waals surface area contributed by atoms with Crippen molar-refractivity contribution in [1.29, 1.82) is 0 Å². The summed E-state index contributed by atoms with van der Waals surface area (Å²) in [7, 11) is 0. The zero-order valence-electron chi connectivity index (χ0n) is 16.1. The second kappa shape index (κ2) is 9.90. The van der Waals surface area contributed by atoms with E-state index in [1.54, 1.807) is 6.92 Å². The number of esters is 1. The molecule has 1 atom stereocenters. The third-order valence-electron chi connectivity index (χ3n) is 4.62. The molecule has 1 aliphatic heterocycles. The summed E-state index contributed by atoms with van der Waals surface area (Å²) in [6.07, 6.45) is 1.69. The molecule has 1 fully saturated rings. The highest BCUT2D eigenvalue weighted by Crippen LogP contribution is 2.29. The first-order chi connectivity index (χ1) is 13.7. The van der Waals surface area contributed by atoms with Gasteiger partial charge in [-0.25, -0.2) is 0 Å². The van der Waals surface area contributed by atoms with Crippen molar-refractivity contribution in [1.82, 2.24) is 4.90 Å². The molecule has 1 amide bonds. The molecule has 6 nitrogen and oxygen atoms in total. The fourth-order valence-electron chi connectivity index (χ4n) is 3.32. The van der Waals surface area contributed by atoms with Gasteiger partial charge >= 0.3 is 5.97 Å². The number of rotatable bonds is 7. The first-order valence-electron chi connectivity index (χ1n) is 9.66. The summed E-state index contributed by atoms with van der Waals surface area (Å²) in [4.78, 5) is 26.5. The van der Waals surface area contributed by atoms with Gasteiger partial charge in [0, 0.05) is 6.54 Å². The number of para-hydroxylation sites is 3. The third kappa shape index (κ3) is 5.57. The van der Waals surface area contributed by atoms with Gasteiger partial charge in [-0.1, -0.05) is 30.3 Å². The Hall–Kier alpha value is -2.86. The van der Waals surface area contributed by atoms with Crippen LogP contribution in [0.15, 0.2) is 54.6 Å². The maximum atomic E-state index is 12.6. The number of likely N-dealkylation sites (tertiary alicyclic amines) is 1. The van der Waals surface area contributed by atoms with Crippen molar-refractivity contribution in [2.24, 2.45) is 5.92 Å². The Labute approximate surface area is 165 Å². The van der Waals surface area contributed by atoms with E-state index in [9.17, 15) is 9.59 Å². The number of amides is 1. The van der Waals surface area contributed by atoms with Gasteiger partial charge in [-0.05, 0) is 50.6 Å². The molecule has 0 spiro atoms. The fraction of sp³-hybridized carbons (Fsp3) is 0.364. The summed E-state index contributed by atoms with van der Waals surface area (Å²) in [5.41, 5.74) is 0.621. The van der Waals surface area contributed by atoms with E-state index in [1.807, 2.05) is 59.5 Å². The van der Waals surface area contributed by atoms with E-state index in [2.05, 4.69) is 5.32 Å². The van der Waals surface area contributed by atoms with E-state index in [0.717, 1.165) is 19.4 Å². The number of nitrogens with one attached hydrogen (secondary N) is 1. The van der Waals surface area contributed by atoms with Crippen LogP contribution >= 0.6 is 0 Å². The van der Waals surface area contributed by atoms with Crippen molar-refractivity contribution < 1.29 is 19.1 Å². The predicted octanol–water partition coefficient (Wildman–Crippen LogP) is 3.69. The predicted molar refractivity (Wildman–Crippen MR) is 107 cm³/mol. The number of benzene rings is 2. The SMILES string of the molecule is CCOC(=O)[C@H]1CCCN(CC(=O)Nc2ccccc2Oc2ccccc2)C1. The number of ether oxygens (including phenoxy) is 2. The lowest BCUT2D eigenvalue weighted by atomic mass is 9.98. The van der Waals surface area contributed by atoms with E-state index in [4.69, 9.17) is 9.47 Å². The zero-order chi connectivity index (χ0) is 19.8. The Balaban J connectivity index is 1.58. The van der Waals surface area contributed by atoms with Crippen molar-refractivity contribution in [2.75, 3.05) is 31.6 Å². The topological polar surface area (TPSA) is 67.9 Å². The van der Waals surface area contributed by atoms with Crippen LogP contribution in [0, 0.1) is 5.92 Å². The molecule has 0 radical (unpaired) electrons. The molecule has 1 aliphatic rings. The molecule has 148 valence electrons. The number of piperidine rings is 1. The van der Waals surface area contributed by atoms with Gasteiger partial charge < -0.3 is 14.8 Å². The van der Waals surface area contributed by atoms with Crippen LogP contribution in [0.4, 0.5) is 5.69 Å². The summed E-state index contributed by atoms with van der Waals surface area (Å²) in [6, 6.07) is 16.8. The van der Waals surface area contributed by atoms with Crippen molar-refractivity contribution in [3.8, 4) is 11.5 Å². The van der Waals surface area contributed by atoms with E-state index in [1.165, 1.54) is 0 Å². The Kier molecular flexibility index (Phi) is 7.03.